The first-order valence-corrected chi connectivity index (χ1v) is 10.7. The molecule has 1 aliphatic rings. The maximum atomic E-state index is 10.6. The van der Waals surface area contributed by atoms with E-state index in [0.29, 0.717) is 29.3 Å². The molecule has 3 aromatic rings. The highest BCUT2D eigenvalue weighted by Crippen LogP contribution is 2.31. The third-order valence-corrected chi connectivity index (χ3v) is 6.19. The summed E-state index contributed by atoms with van der Waals surface area (Å²) in [6, 6.07) is 22.1. The quantitative estimate of drug-likeness (QED) is 0.470. The van der Waals surface area contributed by atoms with Crippen molar-refractivity contribution >= 4 is 39.9 Å². The lowest BCUT2D eigenvalue weighted by Crippen LogP contribution is -2.28. The van der Waals surface area contributed by atoms with E-state index in [-0.39, 0.29) is 6.61 Å². The minimum atomic E-state index is -1.00. The molecule has 0 amide bonds. The van der Waals surface area contributed by atoms with Crippen molar-refractivity contribution in [2.75, 3.05) is 19.8 Å². The number of carboxylic acids is 1. The van der Waals surface area contributed by atoms with Gasteiger partial charge in [-0.3, -0.25) is 0 Å². The van der Waals surface area contributed by atoms with E-state index in [1.54, 1.807) is 12.1 Å². The molecule has 4 rings (SSSR count). The Morgan fingerprint density at radius 3 is 2.42 bits per heavy atom. The smallest absolute Gasteiger partial charge is 0.341 e. The van der Waals surface area contributed by atoms with E-state index in [1.165, 1.54) is 16.3 Å². The first-order chi connectivity index (χ1) is 15.0. The Kier molecular flexibility index (Phi) is 6.54. The van der Waals surface area contributed by atoms with E-state index < -0.39 is 5.97 Å². The second-order valence-electron chi connectivity index (χ2n) is 7.40. The Hall–Kier alpha value is -2.89. The molecule has 160 valence electrons. The largest absolute Gasteiger partial charge is 0.482 e. The van der Waals surface area contributed by atoms with Crippen LogP contribution < -0.4 is 4.74 Å². The molecule has 7 heteroatoms. The van der Waals surface area contributed by atoms with E-state index in [9.17, 15) is 4.79 Å². The highest BCUT2D eigenvalue weighted by molar-refractivity contribution is 6.38. The summed E-state index contributed by atoms with van der Waals surface area (Å²) in [5.41, 5.74) is 2.32. The minimum Gasteiger partial charge on any atom is -0.482 e. The standard InChI is InChI=1S/C24H22Cl2N2O3/c25-23-24(26)28(14-17-8-10-20(11-9-17)31-15-22(29)30)16-27(23)13-12-19-6-3-5-18-4-1-2-7-21(18)19/h1-11H,12-16H2,(H,29,30). The zero-order chi connectivity index (χ0) is 21.8. The maximum Gasteiger partial charge on any atom is 0.341 e. The van der Waals surface area contributed by atoms with E-state index in [4.69, 9.17) is 33.0 Å². The van der Waals surface area contributed by atoms with Gasteiger partial charge in [-0.05, 0) is 40.5 Å². The minimum absolute atomic E-state index is 0.360. The van der Waals surface area contributed by atoms with Gasteiger partial charge in [0.25, 0.3) is 0 Å². The molecule has 0 saturated carbocycles. The molecule has 0 aliphatic carbocycles. The van der Waals surface area contributed by atoms with Crippen molar-refractivity contribution in [2.24, 2.45) is 0 Å². The SMILES string of the molecule is O=C(O)COc1ccc(CN2CN(CCc3cccc4ccccc34)C(Cl)=C2Cl)cc1. The van der Waals surface area contributed by atoms with Gasteiger partial charge in [0.05, 0.1) is 6.67 Å². The summed E-state index contributed by atoms with van der Waals surface area (Å²) >= 11 is 13.0. The number of nitrogens with zero attached hydrogens (tertiary/aromatic N) is 2. The van der Waals surface area contributed by atoms with E-state index in [2.05, 4.69) is 47.4 Å². The number of rotatable bonds is 8. The summed E-state index contributed by atoms with van der Waals surface area (Å²) in [5, 5.41) is 12.3. The Labute approximate surface area is 191 Å². The number of carboxylic acid groups (broad SMARTS) is 1. The number of fused-ring (bicyclic) bond motifs is 1. The fourth-order valence-electron chi connectivity index (χ4n) is 3.70. The van der Waals surface area contributed by atoms with Gasteiger partial charge in [0.15, 0.2) is 6.61 Å². The zero-order valence-electron chi connectivity index (χ0n) is 16.8. The zero-order valence-corrected chi connectivity index (χ0v) is 18.3. The summed E-state index contributed by atoms with van der Waals surface area (Å²) in [4.78, 5) is 14.7. The second kappa shape index (κ2) is 9.50. The first-order valence-electron chi connectivity index (χ1n) is 9.96. The predicted octanol–water partition coefficient (Wildman–Crippen LogP) is 5.23. The van der Waals surface area contributed by atoms with Gasteiger partial charge in [0.1, 0.15) is 16.1 Å². The summed E-state index contributed by atoms with van der Waals surface area (Å²) in [5.74, 6) is -0.486. The number of carbonyl (C=O) groups is 1. The summed E-state index contributed by atoms with van der Waals surface area (Å²) in [6.07, 6.45) is 0.866. The van der Waals surface area contributed by atoms with Gasteiger partial charge < -0.3 is 19.6 Å². The average Bonchev–Trinajstić information content (AvgIpc) is 3.05. The Balaban J connectivity index is 1.37. The van der Waals surface area contributed by atoms with Crippen LogP contribution in [0.3, 0.4) is 0 Å². The van der Waals surface area contributed by atoms with Gasteiger partial charge in [-0.15, -0.1) is 0 Å². The molecule has 1 heterocycles. The molecule has 1 aliphatic heterocycles. The molecule has 5 nitrogen and oxygen atoms in total. The summed E-state index contributed by atoms with van der Waals surface area (Å²) in [6.45, 7) is 1.61. The number of hydrogen-bond acceptors (Lipinski definition) is 4. The van der Waals surface area contributed by atoms with Gasteiger partial charge in [0, 0.05) is 13.1 Å². The van der Waals surface area contributed by atoms with E-state index >= 15 is 0 Å². The van der Waals surface area contributed by atoms with E-state index in [1.807, 2.05) is 17.0 Å². The maximum absolute atomic E-state index is 10.6. The molecule has 0 atom stereocenters. The fraction of sp³-hybridized carbons (Fsp3) is 0.208. The lowest BCUT2D eigenvalue weighted by molar-refractivity contribution is -0.139. The molecule has 0 bridgehead atoms. The molecular formula is C24H22Cl2N2O3. The van der Waals surface area contributed by atoms with Crippen molar-refractivity contribution in [1.82, 2.24) is 9.80 Å². The molecule has 0 aromatic heterocycles. The third-order valence-electron chi connectivity index (χ3n) is 5.26. The number of benzene rings is 3. The van der Waals surface area contributed by atoms with Crippen molar-refractivity contribution < 1.29 is 14.6 Å². The van der Waals surface area contributed by atoms with Crippen LogP contribution in [-0.2, 0) is 17.8 Å². The van der Waals surface area contributed by atoms with Crippen LogP contribution in [0.5, 0.6) is 5.75 Å². The van der Waals surface area contributed by atoms with Crippen LogP contribution in [0.1, 0.15) is 11.1 Å². The van der Waals surface area contributed by atoms with Gasteiger partial charge in [-0.2, -0.15) is 0 Å². The molecule has 0 spiro atoms. The molecular weight excluding hydrogens is 435 g/mol. The van der Waals surface area contributed by atoms with Crippen molar-refractivity contribution in [2.45, 2.75) is 13.0 Å². The lowest BCUT2D eigenvalue weighted by atomic mass is 10.0. The Bertz CT molecular complexity index is 1110. The van der Waals surface area contributed by atoms with Crippen molar-refractivity contribution in [1.29, 1.82) is 0 Å². The fourth-order valence-corrected chi connectivity index (χ4v) is 4.19. The number of halogens is 2. The van der Waals surface area contributed by atoms with Crippen LogP contribution in [-0.4, -0.2) is 40.7 Å². The van der Waals surface area contributed by atoms with Crippen LogP contribution >= 0.6 is 23.2 Å². The predicted molar refractivity (Wildman–Crippen MR) is 123 cm³/mol. The monoisotopic (exact) mass is 456 g/mol. The molecule has 0 unspecified atom stereocenters. The molecule has 0 radical (unpaired) electrons. The lowest BCUT2D eigenvalue weighted by Gasteiger charge is -2.23. The van der Waals surface area contributed by atoms with Gasteiger partial charge in [-0.1, -0.05) is 77.8 Å². The van der Waals surface area contributed by atoms with Gasteiger partial charge in [-0.25, -0.2) is 4.79 Å². The molecule has 0 saturated heterocycles. The summed E-state index contributed by atoms with van der Waals surface area (Å²) < 4.78 is 5.17. The van der Waals surface area contributed by atoms with Crippen LogP contribution in [0.25, 0.3) is 10.8 Å². The van der Waals surface area contributed by atoms with Crippen LogP contribution in [0.4, 0.5) is 0 Å². The molecule has 31 heavy (non-hydrogen) atoms. The van der Waals surface area contributed by atoms with Crippen molar-refractivity contribution in [3.05, 3.63) is 88.2 Å². The number of hydrogen-bond donors (Lipinski definition) is 1. The van der Waals surface area contributed by atoms with E-state index in [0.717, 1.165) is 18.5 Å². The summed E-state index contributed by atoms with van der Waals surface area (Å²) in [7, 11) is 0. The number of ether oxygens (including phenoxy) is 1. The van der Waals surface area contributed by atoms with Gasteiger partial charge >= 0.3 is 5.97 Å². The third kappa shape index (κ3) is 5.06. The number of aliphatic carboxylic acids is 1. The van der Waals surface area contributed by atoms with Crippen LogP contribution in [0.15, 0.2) is 77.0 Å². The molecule has 1 N–H and O–H groups in total. The van der Waals surface area contributed by atoms with Crippen LogP contribution in [0.2, 0.25) is 0 Å². The van der Waals surface area contributed by atoms with Crippen LogP contribution in [0, 0.1) is 0 Å². The molecule has 3 aromatic carbocycles. The van der Waals surface area contributed by atoms with Crippen molar-refractivity contribution in [3.8, 4) is 5.75 Å². The molecule has 0 fully saturated rings. The highest BCUT2D eigenvalue weighted by atomic mass is 35.5. The van der Waals surface area contributed by atoms with Crippen molar-refractivity contribution in [3.63, 3.8) is 0 Å². The average molecular weight is 457 g/mol. The topological polar surface area (TPSA) is 53.0 Å². The second-order valence-corrected chi connectivity index (χ2v) is 8.12. The highest BCUT2D eigenvalue weighted by Gasteiger charge is 2.26. The Morgan fingerprint density at radius 2 is 1.65 bits per heavy atom. The first kappa shape index (κ1) is 21.3. The Morgan fingerprint density at radius 1 is 0.935 bits per heavy atom. The normalized spacial score (nSPS) is 13.9. The van der Waals surface area contributed by atoms with Gasteiger partial charge in [0.2, 0.25) is 0 Å².